The molecule has 1 aromatic carbocycles. The Hall–Kier alpha value is -1.10. The van der Waals surface area contributed by atoms with Gasteiger partial charge in [0.1, 0.15) is 0 Å². The fraction of sp³-hybridized carbons (Fsp3) is 0.647. The number of ether oxygens (including phenoxy) is 2. The zero-order valence-electron chi connectivity index (χ0n) is 12.7. The second-order valence-corrected chi connectivity index (χ2v) is 6.05. The smallest absolute Gasteiger partial charge is 0.0619 e. The van der Waals surface area contributed by atoms with E-state index < -0.39 is 0 Å². The predicted octanol–water partition coefficient (Wildman–Crippen LogP) is 2.21. The highest BCUT2D eigenvalue weighted by Crippen LogP contribution is 2.24. The topological polar surface area (TPSA) is 47.7 Å². The van der Waals surface area contributed by atoms with Crippen LogP contribution in [0.1, 0.15) is 30.4 Å². The number of nitrogens with zero attached hydrogens (tertiary/aromatic N) is 1. The van der Waals surface area contributed by atoms with Gasteiger partial charge in [0.2, 0.25) is 0 Å². The molecule has 116 valence electrons. The van der Waals surface area contributed by atoms with Gasteiger partial charge in [0.25, 0.3) is 0 Å². The van der Waals surface area contributed by atoms with Gasteiger partial charge in [-0.05, 0) is 42.9 Å². The minimum atomic E-state index is 0.413. The molecule has 0 aliphatic carbocycles. The predicted molar refractivity (Wildman–Crippen MR) is 84.2 cm³/mol. The average Bonchev–Trinajstić information content (AvgIpc) is 2.53. The van der Waals surface area contributed by atoms with Gasteiger partial charge in [0.15, 0.2) is 0 Å². The Kier molecular flexibility index (Phi) is 5.12. The second kappa shape index (κ2) is 7.25. The lowest BCUT2D eigenvalue weighted by molar-refractivity contribution is -0.0339. The Bertz CT molecular complexity index is 458. The van der Waals surface area contributed by atoms with E-state index in [-0.39, 0.29) is 0 Å². The molecular formula is C17H26N2O2. The summed E-state index contributed by atoms with van der Waals surface area (Å²) in [6, 6.07) is 6.28. The first-order valence-electron chi connectivity index (χ1n) is 8.11. The molecule has 2 aliphatic rings. The summed E-state index contributed by atoms with van der Waals surface area (Å²) in [6.45, 7) is 5.78. The van der Waals surface area contributed by atoms with Crippen molar-refractivity contribution in [3.05, 3.63) is 29.3 Å². The van der Waals surface area contributed by atoms with Gasteiger partial charge in [-0.25, -0.2) is 0 Å². The molecule has 0 aromatic heterocycles. The van der Waals surface area contributed by atoms with Gasteiger partial charge in [-0.1, -0.05) is 12.1 Å². The lowest BCUT2D eigenvalue weighted by Crippen LogP contribution is -2.32. The van der Waals surface area contributed by atoms with Crippen molar-refractivity contribution in [3.8, 4) is 0 Å². The van der Waals surface area contributed by atoms with Crippen molar-refractivity contribution < 1.29 is 9.47 Å². The van der Waals surface area contributed by atoms with Crippen molar-refractivity contribution in [2.75, 3.05) is 38.6 Å². The molecule has 4 nitrogen and oxygen atoms in total. The van der Waals surface area contributed by atoms with E-state index >= 15 is 0 Å². The van der Waals surface area contributed by atoms with Crippen LogP contribution in [-0.2, 0) is 22.4 Å². The lowest BCUT2D eigenvalue weighted by atomic mass is 9.98. The summed E-state index contributed by atoms with van der Waals surface area (Å²) >= 11 is 0. The molecule has 1 aromatic rings. The standard InChI is InChI=1S/C17H26N2O2/c18-17-4-1-3-14-5-9-19(13-16(14)17)8-2-10-21-15-6-11-20-12-7-15/h1,3-4,15H,2,5-13,18H2. The van der Waals surface area contributed by atoms with Gasteiger partial charge < -0.3 is 15.2 Å². The number of anilines is 1. The van der Waals surface area contributed by atoms with Crippen LogP contribution >= 0.6 is 0 Å². The third-order valence-corrected chi connectivity index (χ3v) is 4.53. The van der Waals surface area contributed by atoms with Crippen LogP contribution < -0.4 is 5.73 Å². The van der Waals surface area contributed by atoms with Crippen LogP contribution in [0, 0.1) is 0 Å². The molecule has 2 N–H and O–H groups in total. The maximum Gasteiger partial charge on any atom is 0.0619 e. The first-order valence-corrected chi connectivity index (χ1v) is 8.11. The van der Waals surface area contributed by atoms with Crippen molar-refractivity contribution in [2.24, 2.45) is 0 Å². The van der Waals surface area contributed by atoms with Crippen LogP contribution in [0.25, 0.3) is 0 Å². The van der Waals surface area contributed by atoms with Crippen LogP contribution in [-0.4, -0.2) is 43.9 Å². The Labute approximate surface area is 127 Å². The van der Waals surface area contributed by atoms with E-state index in [1.54, 1.807) is 0 Å². The number of hydrogen-bond acceptors (Lipinski definition) is 4. The maximum atomic E-state index is 6.09. The number of fused-ring (bicyclic) bond motifs is 1. The summed E-state index contributed by atoms with van der Waals surface area (Å²) in [5.74, 6) is 0. The summed E-state index contributed by atoms with van der Waals surface area (Å²) in [7, 11) is 0. The Morgan fingerprint density at radius 2 is 2.14 bits per heavy atom. The van der Waals surface area contributed by atoms with Crippen LogP contribution in [0.3, 0.4) is 0 Å². The summed E-state index contributed by atoms with van der Waals surface area (Å²) in [4.78, 5) is 2.49. The molecular weight excluding hydrogens is 264 g/mol. The average molecular weight is 290 g/mol. The molecule has 4 heteroatoms. The fourth-order valence-corrected chi connectivity index (χ4v) is 3.23. The quantitative estimate of drug-likeness (QED) is 0.667. The lowest BCUT2D eigenvalue weighted by Gasteiger charge is -2.30. The summed E-state index contributed by atoms with van der Waals surface area (Å²) in [5.41, 5.74) is 9.78. The van der Waals surface area contributed by atoms with E-state index in [9.17, 15) is 0 Å². The molecule has 3 rings (SSSR count). The van der Waals surface area contributed by atoms with Crippen LogP contribution in [0.2, 0.25) is 0 Å². The molecule has 0 radical (unpaired) electrons. The number of benzene rings is 1. The molecule has 0 unspecified atom stereocenters. The normalized spacial score (nSPS) is 20.4. The third-order valence-electron chi connectivity index (χ3n) is 4.53. The molecule has 1 fully saturated rings. The highest BCUT2D eigenvalue weighted by atomic mass is 16.5. The molecule has 0 spiro atoms. The minimum absolute atomic E-state index is 0.413. The number of nitrogen functional groups attached to an aromatic ring is 1. The van der Waals surface area contributed by atoms with E-state index in [4.69, 9.17) is 15.2 Å². The van der Waals surface area contributed by atoms with E-state index in [0.717, 1.165) is 70.8 Å². The van der Waals surface area contributed by atoms with Gasteiger partial charge in [0.05, 0.1) is 6.10 Å². The van der Waals surface area contributed by atoms with Gasteiger partial charge in [-0.3, -0.25) is 4.90 Å². The minimum Gasteiger partial charge on any atom is -0.398 e. The Balaban J connectivity index is 1.40. The first kappa shape index (κ1) is 14.8. The zero-order chi connectivity index (χ0) is 14.5. The fourth-order valence-electron chi connectivity index (χ4n) is 3.23. The summed E-state index contributed by atoms with van der Waals surface area (Å²) in [6.07, 6.45) is 4.72. The molecule has 21 heavy (non-hydrogen) atoms. The van der Waals surface area contributed by atoms with Crippen LogP contribution in [0.4, 0.5) is 5.69 Å². The Morgan fingerprint density at radius 3 is 3.00 bits per heavy atom. The second-order valence-electron chi connectivity index (χ2n) is 6.05. The van der Waals surface area contributed by atoms with E-state index in [1.165, 1.54) is 11.1 Å². The van der Waals surface area contributed by atoms with Gasteiger partial charge in [-0.2, -0.15) is 0 Å². The molecule has 0 saturated carbocycles. The number of hydrogen-bond donors (Lipinski definition) is 1. The Morgan fingerprint density at radius 1 is 1.29 bits per heavy atom. The molecule has 0 atom stereocenters. The van der Waals surface area contributed by atoms with Crippen molar-refractivity contribution in [1.82, 2.24) is 4.90 Å². The number of rotatable bonds is 5. The maximum absolute atomic E-state index is 6.09. The molecule has 0 amide bonds. The number of nitrogens with two attached hydrogens (primary N) is 1. The largest absolute Gasteiger partial charge is 0.398 e. The van der Waals surface area contributed by atoms with Crippen molar-refractivity contribution in [2.45, 2.75) is 38.3 Å². The van der Waals surface area contributed by atoms with Crippen molar-refractivity contribution in [3.63, 3.8) is 0 Å². The molecule has 0 bridgehead atoms. The van der Waals surface area contributed by atoms with Crippen LogP contribution in [0.15, 0.2) is 18.2 Å². The SMILES string of the molecule is Nc1cccc2c1CN(CCCOC1CCOCC1)CC2. The third kappa shape index (κ3) is 3.96. The van der Waals surface area contributed by atoms with Crippen molar-refractivity contribution in [1.29, 1.82) is 0 Å². The highest BCUT2D eigenvalue weighted by Gasteiger charge is 2.18. The van der Waals surface area contributed by atoms with Gasteiger partial charge in [0, 0.05) is 45.1 Å². The highest BCUT2D eigenvalue weighted by molar-refractivity contribution is 5.51. The monoisotopic (exact) mass is 290 g/mol. The van der Waals surface area contributed by atoms with Gasteiger partial charge in [-0.15, -0.1) is 0 Å². The van der Waals surface area contributed by atoms with Gasteiger partial charge >= 0.3 is 0 Å². The summed E-state index contributed by atoms with van der Waals surface area (Å²) in [5, 5.41) is 0. The molecule has 2 aliphatic heterocycles. The van der Waals surface area contributed by atoms with E-state index in [1.807, 2.05) is 6.07 Å². The molecule has 2 heterocycles. The van der Waals surface area contributed by atoms with Crippen LogP contribution in [0.5, 0.6) is 0 Å². The summed E-state index contributed by atoms with van der Waals surface area (Å²) < 4.78 is 11.3. The van der Waals surface area contributed by atoms with E-state index in [0.29, 0.717) is 6.10 Å². The van der Waals surface area contributed by atoms with E-state index in [2.05, 4.69) is 17.0 Å². The first-order chi connectivity index (χ1) is 10.3. The zero-order valence-corrected chi connectivity index (χ0v) is 12.7. The molecule has 1 saturated heterocycles. The van der Waals surface area contributed by atoms with Crippen molar-refractivity contribution >= 4 is 5.69 Å².